The van der Waals surface area contributed by atoms with E-state index < -0.39 is 19.2 Å². The second-order valence-electron chi connectivity index (χ2n) is 3.64. The number of hydrogen-bond donors (Lipinski definition) is 0. The first-order chi connectivity index (χ1) is 9.02. The Morgan fingerprint density at radius 2 is 1.63 bits per heavy atom. The lowest BCUT2D eigenvalue weighted by molar-refractivity contribution is 0.262. The Bertz CT molecular complexity index is 540. The number of nitrogens with zero attached hydrogens (tertiary/aromatic N) is 2. The van der Waals surface area contributed by atoms with Gasteiger partial charge in [-0.2, -0.15) is 10.5 Å². The van der Waals surface area contributed by atoms with E-state index >= 15 is 0 Å². The van der Waals surface area contributed by atoms with Crippen LogP contribution in [-0.2, 0) is 13.6 Å². The molecule has 0 bridgehead atoms. The summed E-state index contributed by atoms with van der Waals surface area (Å²) in [6.45, 7) is 0. The molecule has 5 nitrogen and oxygen atoms in total. The minimum atomic E-state index is -3.61. The highest BCUT2D eigenvalue weighted by molar-refractivity contribution is 7.54. The fourth-order valence-corrected chi connectivity index (χ4v) is 3.45. The SMILES string of the molecule is COP(=O)(OC)C(c1ccc(Cl)cc1)C(C#N)C#N. The van der Waals surface area contributed by atoms with Gasteiger partial charge < -0.3 is 9.05 Å². The van der Waals surface area contributed by atoms with Crippen molar-refractivity contribution in [3.63, 3.8) is 0 Å². The topological polar surface area (TPSA) is 83.1 Å². The molecule has 0 heterocycles. The van der Waals surface area contributed by atoms with Gasteiger partial charge in [-0.05, 0) is 17.7 Å². The highest BCUT2D eigenvalue weighted by Gasteiger charge is 2.41. The molecule has 0 fully saturated rings. The van der Waals surface area contributed by atoms with E-state index in [2.05, 4.69) is 0 Å². The van der Waals surface area contributed by atoms with Gasteiger partial charge in [0.05, 0.1) is 12.1 Å². The van der Waals surface area contributed by atoms with Crippen LogP contribution in [0.1, 0.15) is 11.2 Å². The second-order valence-corrected chi connectivity index (χ2v) is 6.44. The summed E-state index contributed by atoms with van der Waals surface area (Å²) in [7, 11) is -1.16. The molecular weight excluding hydrogens is 287 g/mol. The number of hydrogen-bond acceptors (Lipinski definition) is 5. The van der Waals surface area contributed by atoms with Crippen LogP contribution < -0.4 is 0 Å². The molecule has 0 amide bonds. The molecule has 0 N–H and O–H groups in total. The molecule has 0 aliphatic carbocycles. The smallest absolute Gasteiger partial charge is 0.311 e. The van der Waals surface area contributed by atoms with Gasteiger partial charge in [-0.15, -0.1) is 0 Å². The zero-order valence-corrected chi connectivity index (χ0v) is 12.1. The zero-order valence-electron chi connectivity index (χ0n) is 10.4. The van der Waals surface area contributed by atoms with E-state index in [1.807, 2.05) is 12.1 Å². The number of rotatable bonds is 5. The maximum absolute atomic E-state index is 12.5. The first kappa shape index (κ1) is 15.7. The van der Waals surface area contributed by atoms with E-state index in [0.29, 0.717) is 10.6 Å². The summed E-state index contributed by atoms with van der Waals surface area (Å²) in [6, 6.07) is 10.00. The van der Waals surface area contributed by atoms with Crippen LogP contribution in [0.15, 0.2) is 24.3 Å². The predicted octanol–water partition coefficient (Wildman–Crippen LogP) is 3.53. The maximum Gasteiger partial charge on any atom is 0.339 e. The van der Waals surface area contributed by atoms with Gasteiger partial charge in [0.15, 0.2) is 5.92 Å². The van der Waals surface area contributed by atoms with E-state index in [9.17, 15) is 4.57 Å². The van der Waals surface area contributed by atoms with Crippen molar-refractivity contribution in [1.29, 1.82) is 10.5 Å². The molecule has 0 radical (unpaired) electrons. The van der Waals surface area contributed by atoms with Crippen LogP contribution in [-0.4, -0.2) is 14.2 Å². The van der Waals surface area contributed by atoms with Gasteiger partial charge in [0.1, 0.15) is 5.66 Å². The number of benzene rings is 1. The zero-order chi connectivity index (χ0) is 14.5. The third-order valence-corrected chi connectivity index (χ3v) is 5.20. The molecule has 0 spiro atoms. The Labute approximate surface area is 116 Å². The Kier molecular flexibility index (Phi) is 5.54. The first-order valence-corrected chi connectivity index (χ1v) is 7.27. The molecule has 0 saturated heterocycles. The molecule has 7 heteroatoms. The lowest BCUT2D eigenvalue weighted by Gasteiger charge is -2.25. The average Bonchev–Trinajstić information content (AvgIpc) is 2.45. The quantitative estimate of drug-likeness (QED) is 0.776. The van der Waals surface area contributed by atoms with Crippen LogP contribution in [0.25, 0.3) is 0 Å². The summed E-state index contributed by atoms with van der Waals surface area (Å²) in [4.78, 5) is 0. The maximum atomic E-state index is 12.5. The molecule has 1 aromatic rings. The Morgan fingerprint density at radius 3 is 2.00 bits per heavy atom. The van der Waals surface area contributed by atoms with Gasteiger partial charge in [-0.1, -0.05) is 23.7 Å². The van der Waals surface area contributed by atoms with Crippen molar-refractivity contribution >= 4 is 19.2 Å². The summed E-state index contributed by atoms with van der Waals surface area (Å²) in [5.74, 6) is -1.15. The fourth-order valence-electron chi connectivity index (χ4n) is 1.69. The lowest BCUT2D eigenvalue weighted by atomic mass is 10.0. The molecule has 19 heavy (non-hydrogen) atoms. The first-order valence-electron chi connectivity index (χ1n) is 5.28. The summed E-state index contributed by atoms with van der Waals surface area (Å²) < 4.78 is 22.3. The van der Waals surface area contributed by atoms with E-state index in [0.717, 1.165) is 0 Å². The van der Waals surface area contributed by atoms with Crippen molar-refractivity contribution in [2.45, 2.75) is 5.66 Å². The Hall–Kier alpha value is -1.36. The minimum Gasteiger partial charge on any atom is -0.311 e. The molecule has 1 unspecified atom stereocenters. The van der Waals surface area contributed by atoms with Gasteiger partial charge in [-0.3, -0.25) is 4.57 Å². The molecule has 1 rings (SSSR count). The van der Waals surface area contributed by atoms with Crippen LogP contribution in [0.5, 0.6) is 0 Å². The molecule has 0 aliphatic heterocycles. The third kappa shape index (κ3) is 3.35. The molecule has 0 aliphatic rings. The van der Waals surface area contributed by atoms with Crippen molar-refractivity contribution in [1.82, 2.24) is 0 Å². The lowest BCUT2D eigenvalue weighted by Crippen LogP contribution is -2.12. The molecule has 1 aromatic carbocycles. The standard InChI is InChI=1S/C12H12ClN2O3P/c1-17-19(16,18-2)12(10(7-14)8-15)9-3-5-11(13)6-4-9/h3-6,10,12H,1-2H3. The van der Waals surface area contributed by atoms with E-state index in [1.165, 1.54) is 14.2 Å². The van der Waals surface area contributed by atoms with Crippen molar-refractivity contribution in [2.75, 3.05) is 14.2 Å². The van der Waals surface area contributed by atoms with Gasteiger partial charge in [-0.25, -0.2) is 0 Å². The van der Waals surface area contributed by atoms with Crippen LogP contribution >= 0.6 is 19.2 Å². The Morgan fingerprint density at radius 1 is 1.16 bits per heavy atom. The minimum absolute atomic E-state index is 0.498. The third-order valence-electron chi connectivity index (χ3n) is 2.66. The van der Waals surface area contributed by atoms with E-state index in [1.54, 1.807) is 24.3 Å². The average molecular weight is 299 g/mol. The van der Waals surface area contributed by atoms with E-state index in [-0.39, 0.29) is 0 Å². The van der Waals surface area contributed by atoms with Gasteiger partial charge in [0, 0.05) is 19.2 Å². The van der Waals surface area contributed by atoms with Crippen LogP contribution in [0.4, 0.5) is 0 Å². The molecule has 0 saturated carbocycles. The van der Waals surface area contributed by atoms with Crippen LogP contribution in [0.2, 0.25) is 5.02 Å². The van der Waals surface area contributed by atoms with Crippen LogP contribution in [0, 0.1) is 28.6 Å². The van der Waals surface area contributed by atoms with Crippen molar-refractivity contribution < 1.29 is 13.6 Å². The largest absolute Gasteiger partial charge is 0.339 e. The highest BCUT2D eigenvalue weighted by atomic mass is 35.5. The monoisotopic (exact) mass is 298 g/mol. The summed E-state index contributed by atoms with van der Waals surface area (Å²) >= 11 is 5.78. The summed E-state index contributed by atoms with van der Waals surface area (Å²) in [6.07, 6.45) is 0. The normalized spacial score (nSPS) is 12.7. The summed E-state index contributed by atoms with van der Waals surface area (Å²) in [5.41, 5.74) is -0.473. The van der Waals surface area contributed by atoms with Crippen molar-refractivity contribution in [3.8, 4) is 12.1 Å². The van der Waals surface area contributed by atoms with Gasteiger partial charge in [0.2, 0.25) is 0 Å². The van der Waals surface area contributed by atoms with Crippen LogP contribution in [0.3, 0.4) is 0 Å². The van der Waals surface area contributed by atoms with Crippen molar-refractivity contribution in [2.24, 2.45) is 5.92 Å². The number of halogens is 1. The van der Waals surface area contributed by atoms with Gasteiger partial charge in [0.25, 0.3) is 0 Å². The molecule has 100 valence electrons. The second kappa shape index (κ2) is 6.70. The van der Waals surface area contributed by atoms with Crippen molar-refractivity contribution in [3.05, 3.63) is 34.9 Å². The number of nitriles is 2. The molecule has 0 aromatic heterocycles. The fraction of sp³-hybridized carbons (Fsp3) is 0.333. The highest BCUT2D eigenvalue weighted by Crippen LogP contribution is 2.62. The molecular formula is C12H12ClN2O3P. The van der Waals surface area contributed by atoms with Gasteiger partial charge >= 0.3 is 7.60 Å². The molecule has 1 atom stereocenters. The summed E-state index contributed by atoms with van der Waals surface area (Å²) in [5, 5.41) is 18.6. The Balaban J connectivity index is 3.36. The van der Waals surface area contributed by atoms with E-state index in [4.69, 9.17) is 31.2 Å². The predicted molar refractivity (Wildman–Crippen MR) is 70.5 cm³/mol.